The van der Waals surface area contributed by atoms with E-state index in [1.54, 1.807) is 0 Å². The van der Waals surface area contributed by atoms with Crippen molar-refractivity contribution in [3.63, 3.8) is 0 Å². The SMILES string of the molecule is Cn1nnnc1NC(=O)c1ccc(C(F)(F)F)c2c1OCS2. The van der Waals surface area contributed by atoms with Crippen LogP contribution in [0.1, 0.15) is 15.9 Å². The number of carbonyl (C=O) groups excluding carboxylic acids is 1. The van der Waals surface area contributed by atoms with Crippen LogP contribution < -0.4 is 10.1 Å². The molecule has 1 amide bonds. The van der Waals surface area contributed by atoms with Gasteiger partial charge in [0.05, 0.1) is 16.0 Å². The summed E-state index contributed by atoms with van der Waals surface area (Å²) in [4.78, 5) is 12.1. The normalized spacial score (nSPS) is 13.6. The fourth-order valence-electron chi connectivity index (χ4n) is 1.90. The molecule has 11 heteroatoms. The highest BCUT2D eigenvalue weighted by atomic mass is 32.2. The molecule has 0 bridgehead atoms. The molecule has 3 rings (SSSR count). The Morgan fingerprint density at radius 2 is 2.23 bits per heavy atom. The lowest BCUT2D eigenvalue weighted by Gasteiger charge is -2.12. The van der Waals surface area contributed by atoms with Gasteiger partial charge in [0.25, 0.3) is 5.91 Å². The fourth-order valence-corrected chi connectivity index (χ4v) is 2.84. The van der Waals surface area contributed by atoms with E-state index in [1.807, 2.05) is 0 Å². The molecule has 0 unspecified atom stereocenters. The summed E-state index contributed by atoms with van der Waals surface area (Å²) in [6.45, 7) is 0. The largest absolute Gasteiger partial charge is 0.481 e. The van der Waals surface area contributed by atoms with Gasteiger partial charge in [-0.25, -0.2) is 4.68 Å². The topological polar surface area (TPSA) is 81.9 Å². The van der Waals surface area contributed by atoms with E-state index in [0.717, 1.165) is 23.9 Å². The molecule has 1 aromatic heterocycles. The minimum Gasteiger partial charge on any atom is -0.481 e. The van der Waals surface area contributed by atoms with Crippen LogP contribution in [0.2, 0.25) is 0 Å². The van der Waals surface area contributed by atoms with Crippen molar-refractivity contribution in [3.8, 4) is 5.75 Å². The van der Waals surface area contributed by atoms with Crippen molar-refractivity contribution in [2.24, 2.45) is 7.05 Å². The lowest BCUT2D eigenvalue weighted by Crippen LogP contribution is -2.17. The van der Waals surface area contributed by atoms with Gasteiger partial charge in [0, 0.05) is 7.05 Å². The Bertz CT molecular complexity index is 746. The third-order valence-electron chi connectivity index (χ3n) is 2.91. The molecule has 0 aliphatic carbocycles. The number of aryl methyl sites for hydroxylation is 1. The Morgan fingerprint density at radius 1 is 1.45 bits per heavy atom. The van der Waals surface area contributed by atoms with E-state index in [-0.39, 0.29) is 28.1 Å². The van der Waals surface area contributed by atoms with Gasteiger partial charge in [-0.2, -0.15) is 13.2 Å². The van der Waals surface area contributed by atoms with Crippen LogP contribution in [0.15, 0.2) is 17.0 Å². The Hall–Kier alpha value is -2.30. The van der Waals surface area contributed by atoms with Crippen LogP contribution in [0.25, 0.3) is 0 Å². The summed E-state index contributed by atoms with van der Waals surface area (Å²) < 4.78 is 45.2. The van der Waals surface area contributed by atoms with Crippen molar-refractivity contribution < 1.29 is 22.7 Å². The lowest BCUT2D eigenvalue weighted by atomic mass is 10.1. The molecule has 2 heterocycles. The predicted octanol–water partition coefficient (Wildman–Crippen LogP) is 1.92. The average molecular weight is 331 g/mol. The predicted molar refractivity (Wildman–Crippen MR) is 69.5 cm³/mol. The number of fused-ring (bicyclic) bond motifs is 1. The molecule has 0 spiro atoms. The van der Waals surface area contributed by atoms with Gasteiger partial charge in [-0.3, -0.25) is 10.1 Å². The van der Waals surface area contributed by atoms with E-state index in [0.29, 0.717) is 0 Å². The Kier molecular flexibility index (Phi) is 3.43. The van der Waals surface area contributed by atoms with Gasteiger partial charge >= 0.3 is 6.18 Å². The highest BCUT2D eigenvalue weighted by Gasteiger charge is 2.38. The monoisotopic (exact) mass is 331 g/mol. The molecule has 116 valence electrons. The van der Waals surface area contributed by atoms with E-state index in [4.69, 9.17) is 4.74 Å². The summed E-state index contributed by atoms with van der Waals surface area (Å²) >= 11 is 0.896. The molecular weight excluding hydrogens is 323 g/mol. The molecule has 0 radical (unpaired) electrons. The van der Waals surface area contributed by atoms with Crippen LogP contribution in [-0.2, 0) is 13.2 Å². The van der Waals surface area contributed by atoms with Gasteiger partial charge in [0.2, 0.25) is 5.95 Å². The van der Waals surface area contributed by atoms with E-state index in [2.05, 4.69) is 20.8 Å². The van der Waals surface area contributed by atoms with Crippen molar-refractivity contribution in [2.45, 2.75) is 11.1 Å². The molecule has 1 aliphatic rings. The highest BCUT2D eigenvalue weighted by Crippen LogP contribution is 2.47. The van der Waals surface area contributed by atoms with Gasteiger partial charge in [-0.05, 0) is 22.6 Å². The molecule has 7 nitrogen and oxygen atoms in total. The Morgan fingerprint density at radius 3 is 2.86 bits per heavy atom. The Labute approximate surface area is 125 Å². The second kappa shape index (κ2) is 5.16. The number of hydrogen-bond donors (Lipinski definition) is 1. The zero-order valence-electron chi connectivity index (χ0n) is 11.0. The number of ether oxygens (including phenoxy) is 1. The zero-order chi connectivity index (χ0) is 15.9. The molecular formula is C11H8F3N5O2S. The molecule has 0 fully saturated rings. The number of amides is 1. The number of benzene rings is 1. The molecule has 1 aliphatic heterocycles. The van der Waals surface area contributed by atoms with Crippen LogP contribution in [0, 0.1) is 0 Å². The number of rotatable bonds is 2. The minimum absolute atomic E-state index is 0.00370. The maximum absolute atomic E-state index is 12.9. The van der Waals surface area contributed by atoms with Gasteiger partial charge in [0.15, 0.2) is 0 Å². The number of aromatic nitrogens is 4. The number of alkyl halides is 3. The first-order chi connectivity index (χ1) is 10.4. The van der Waals surface area contributed by atoms with Gasteiger partial charge < -0.3 is 4.74 Å². The van der Waals surface area contributed by atoms with Crippen LogP contribution in [0.5, 0.6) is 5.75 Å². The maximum Gasteiger partial charge on any atom is 0.417 e. The van der Waals surface area contributed by atoms with Crippen LogP contribution in [-0.4, -0.2) is 32.1 Å². The van der Waals surface area contributed by atoms with Crippen LogP contribution >= 0.6 is 11.8 Å². The van der Waals surface area contributed by atoms with Crippen molar-refractivity contribution in [2.75, 3.05) is 11.3 Å². The fraction of sp³-hybridized carbons (Fsp3) is 0.273. The third kappa shape index (κ3) is 2.47. The molecule has 22 heavy (non-hydrogen) atoms. The summed E-state index contributed by atoms with van der Waals surface area (Å²) in [6.07, 6.45) is -4.51. The zero-order valence-corrected chi connectivity index (χ0v) is 11.8. The first kappa shape index (κ1) is 14.6. The average Bonchev–Trinajstić information content (AvgIpc) is 3.06. The van der Waals surface area contributed by atoms with Gasteiger partial charge in [0.1, 0.15) is 11.7 Å². The number of thioether (sulfide) groups is 1. The van der Waals surface area contributed by atoms with E-state index < -0.39 is 17.6 Å². The van der Waals surface area contributed by atoms with E-state index >= 15 is 0 Å². The minimum atomic E-state index is -4.51. The summed E-state index contributed by atoms with van der Waals surface area (Å²) in [6, 6.07) is 1.94. The number of halogens is 3. The van der Waals surface area contributed by atoms with Crippen molar-refractivity contribution in [3.05, 3.63) is 23.3 Å². The number of nitrogens with zero attached hydrogens (tertiary/aromatic N) is 4. The van der Waals surface area contributed by atoms with Crippen LogP contribution in [0.3, 0.4) is 0 Å². The number of tetrazole rings is 1. The van der Waals surface area contributed by atoms with E-state index in [9.17, 15) is 18.0 Å². The molecule has 0 atom stereocenters. The van der Waals surface area contributed by atoms with Crippen molar-refractivity contribution in [1.29, 1.82) is 0 Å². The second-order valence-corrected chi connectivity index (χ2v) is 5.24. The highest BCUT2D eigenvalue weighted by molar-refractivity contribution is 7.99. The standard InChI is InChI=1S/C11H8F3N5O2S/c1-19-10(16-17-18-19)15-9(20)5-2-3-6(11(12,13)14)8-7(5)21-4-22-8/h2-3H,4H2,1H3,(H,15,16,18,20). The van der Waals surface area contributed by atoms with Crippen molar-refractivity contribution in [1.82, 2.24) is 20.2 Å². The number of carbonyl (C=O) groups is 1. The number of nitrogens with one attached hydrogen (secondary N) is 1. The molecule has 0 saturated heterocycles. The summed E-state index contributed by atoms with van der Waals surface area (Å²) in [7, 11) is 1.51. The smallest absolute Gasteiger partial charge is 0.417 e. The quantitative estimate of drug-likeness (QED) is 0.905. The Balaban J connectivity index is 1.97. The molecule has 1 aromatic carbocycles. The van der Waals surface area contributed by atoms with Gasteiger partial charge in [-0.15, -0.1) is 0 Å². The summed E-state index contributed by atoms with van der Waals surface area (Å²) in [5, 5.41) is 12.9. The van der Waals surface area contributed by atoms with E-state index in [1.165, 1.54) is 11.7 Å². The third-order valence-corrected chi connectivity index (χ3v) is 3.84. The molecule has 1 N–H and O–H groups in total. The molecule has 2 aromatic rings. The first-order valence-corrected chi connectivity index (χ1v) is 6.90. The first-order valence-electron chi connectivity index (χ1n) is 5.91. The van der Waals surface area contributed by atoms with Crippen molar-refractivity contribution >= 4 is 23.6 Å². The lowest BCUT2D eigenvalue weighted by molar-refractivity contribution is -0.139. The summed E-state index contributed by atoms with van der Waals surface area (Å²) in [5.74, 6) is -0.629. The number of anilines is 1. The molecule has 0 saturated carbocycles. The van der Waals surface area contributed by atoms with Gasteiger partial charge in [-0.1, -0.05) is 16.9 Å². The number of hydrogen-bond acceptors (Lipinski definition) is 6. The second-order valence-electron chi connectivity index (χ2n) is 4.30. The maximum atomic E-state index is 12.9. The van der Waals surface area contributed by atoms with Crippen LogP contribution in [0.4, 0.5) is 19.1 Å². The summed E-state index contributed by atoms with van der Waals surface area (Å²) in [5.41, 5.74) is -0.821.